The summed E-state index contributed by atoms with van der Waals surface area (Å²) in [5.41, 5.74) is -0.521. The Kier molecular flexibility index (Phi) is 6.13. The van der Waals surface area contributed by atoms with Crippen LogP contribution >= 0.6 is 11.3 Å². The van der Waals surface area contributed by atoms with Crippen LogP contribution in [0, 0.1) is 0 Å². The van der Waals surface area contributed by atoms with Crippen LogP contribution in [0.4, 0.5) is 19.0 Å². The number of amides is 1. The second-order valence-corrected chi connectivity index (χ2v) is 8.89. The van der Waals surface area contributed by atoms with Gasteiger partial charge in [-0.25, -0.2) is 9.97 Å². The lowest BCUT2D eigenvalue weighted by molar-refractivity contribution is -0.136. The molecule has 0 bridgehead atoms. The molecule has 1 fully saturated rings. The zero-order valence-electron chi connectivity index (χ0n) is 18.0. The Bertz CT molecular complexity index is 1120. The maximum atomic E-state index is 13.8. The molecule has 11 heteroatoms. The van der Waals surface area contributed by atoms with Crippen molar-refractivity contribution in [3.63, 3.8) is 0 Å². The largest absolute Gasteiger partial charge is 0.444 e. The molecule has 1 aliphatic rings. The predicted octanol–water partition coefficient (Wildman–Crippen LogP) is 4.11. The number of halogens is 3. The van der Waals surface area contributed by atoms with Crippen LogP contribution in [0.3, 0.4) is 0 Å². The van der Waals surface area contributed by atoms with Crippen molar-refractivity contribution < 1.29 is 22.4 Å². The van der Waals surface area contributed by atoms with Gasteiger partial charge in [0.15, 0.2) is 0 Å². The van der Waals surface area contributed by atoms with Gasteiger partial charge in [-0.05, 0) is 6.07 Å². The third-order valence-corrected chi connectivity index (χ3v) is 6.48. The highest BCUT2D eigenvalue weighted by molar-refractivity contribution is 7.17. The smallest absolute Gasteiger partial charge is 0.417 e. The minimum Gasteiger partial charge on any atom is -0.444 e. The van der Waals surface area contributed by atoms with Crippen molar-refractivity contribution in [3.8, 4) is 0 Å². The summed E-state index contributed by atoms with van der Waals surface area (Å²) in [6.07, 6.45) is -2.80. The standard InChI is InChI=1S/C21H24F3N5O2S/c1-12(2)15-9-26-17(31-15)10-28-4-6-29(7-5-28)16-8-14(21(22,23)24)19-18(27-16)13(11-32-19)20(30)25-3/h8-9,11-12H,4-7,10H2,1-3H3,(H,25,30). The van der Waals surface area contributed by atoms with Crippen molar-refractivity contribution in [2.75, 3.05) is 38.1 Å². The van der Waals surface area contributed by atoms with Gasteiger partial charge in [-0.3, -0.25) is 9.69 Å². The lowest BCUT2D eigenvalue weighted by atomic mass is 10.1. The Morgan fingerprint density at radius 3 is 2.59 bits per heavy atom. The van der Waals surface area contributed by atoms with Crippen molar-refractivity contribution in [3.05, 3.63) is 40.4 Å². The van der Waals surface area contributed by atoms with Crippen LogP contribution in [0.1, 0.15) is 47.3 Å². The van der Waals surface area contributed by atoms with Gasteiger partial charge < -0.3 is 14.6 Å². The van der Waals surface area contributed by atoms with Crippen LogP contribution in [0.15, 0.2) is 22.1 Å². The number of anilines is 1. The molecule has 0 aliphatic carbocycles. The maximum Gasteiger partial charge on any atom is 0.417 e. The average Bonchev–Trinajstić information content (AvgIpc) is 3.39. The molecule has 1 amide bonds. The highest BCUT2D eigenvalue weighted by Crippen LogP contribution is 2.40. The van der Waals surface area contributed by atoms with Crippen molar-refractivity contribution >= 4 is 33.3 Å². The molecule has 0 spiro atoms. The van der Waals surface area contributed by atoms with Gasteiger partial charge in [-0.1, -0.05) is 13.8 Å². The lowest BCUT2D eigenvalue weighted by Gasteiger charge is -2.35. The molecule has 0 aromatic carbocycles. The summed E-state index contributed by atoms with van der Waals surface area (Å²) in [5, 5.41) is 3.89. The second-order valence-electron chi connectivity index (χ2n) is 8.01. The summed E-state index contributed by atoms with van der Waals surface area (Å²) < 4.78 is 47.0. The summed E-state index contributed by atoms with van der Waals surface area (Å²) in [7, 11) is 1.44. The van der Waals surface area contributed by atoms with Gasteiger partial charge in [-0.15, -0.1) is 11.3 Å². The van der Waals surface area contributed by atoms with Gasteiger partial charge in [0.2, 0.25) is 5.89 Å². The number of rotatable bonds is 5. The fraction of sp³-hybridized carbons (Fsp3) is 0.476. The molecule has 1 aliphatic heterocycles. The first-order valence-electron chi connectivity index (χ1n) is 10.3. The Morgan fingerprint density at radius 1 is 1.28 bits per heavy atom. The van der Waals surface area contributed by atoms with E-state index in [2.05, 4.69) is 20.2 Å². The Morgan fingerprint density at radius 2 is 2.00 bits per heavy atom. The predicted molar refractivity (Wildman–Crippen MR) is 116 cm³/mol. The quantitative estimate of drug-likeness (QED) is 0.609. The molecule has 1 saturated heterocycles. The zero-order valence-corrected chi connectivity index (χ0v) is 18.8. The van der Waals surface area contributed by atoms with E-state index in [9.17, 15) is 18.0 Å². The highest BCUT2D eigenvalue weighted by atomic mass is 32.1. The molecular weight excluding hydrogens is 443 g/mol. The van der Waals surface area contributed by atoms with E-state index < -0.39 is 17.6 Å². The van der Waals surface area contributed by atoms with Gasteiger partial charge >= 0.3 is 6.18 Å². The molecule has 0 saturated carbocycles. The Labute approximate surface area is 187 Å². The molecule has 0 atom stereocenters. The average molecular weight is 468 g/mol. The number of carbonyl (C=O) groups is 1. The molecule has 0 unspecified atom stereocenters. The van der Waals surface area contributed by atoms with Crippen LogP contribution in [0.5, 0.6) is 0 Å². The third kappa shape index (κ3) is 4.44. The first kappa shape index (κ1) is 22.5. The SMILES string of the molecule is CNC(=O)c1csc2c(C(F)(F)F)cc(N3CCN(Cc4ncc(C(C)C)o4)CC3)nc12. The maximum absolute atomic E-state index is 13.8. The topological polar surface area (TPSA) is 74.5 Å². The van der Waals surface area contributed by atoms with Crippen molar-refractivity contribution in [1.29, 1.82) is 0 Å². The van der Waals surface area contributed by atoms with Crippen LogP contribution in [0.25, 0.3) is 10.2 Å². The number of alkyl halides is 3. The van der Waals surface area contributed by atoms with E-state index in [1.54, 1.807) is 6.20 Å². The fourth-order valence-corrected chi connectivity index (χ4v) is 4.68. The molecular formula is C21H24F3N5O2S. The molecule has 4 heterocycles. The van der Waals surface area contributed by atoms with Gasteiger partial charge in [-0.2, -0.15) is 13.2 Å². The number of oxazole rings is 1. The Balaban J connectivity index is 1.55. The molecule has 3 aromatic heterocycles. The monoisotopic (exact) mass is 467 g/mol. The summed E-state index contributed by atoms with van der Waals surface area (Å²) in [5.74, 6) is 1.50. The van der Waals surface area contributed by atoms with Crippen molar-refractivity contribution in [2.45, 2.75) is 32.5 Å². The molecule has 0 radical (unpaired) electrons. The minimum atomic E-state index is -4.54. The van der Waals surface area contributed by atoms with Crippen LogP contribution in [-0.2, 0) is 12.7 Å². The molecule has 32 heavy (non-hydrogen) atoms. The first-order valence-corrected chi connectivity index (χ1v) is 11.2. The van der Waals surface area contributed by atoms with Crippen LogP contribution in [-0.4, -0.2) is 54.0 Å². The van der Waals surface area contributed by atoms with E-state index in [1.165, 1.54) is 12.4 Å². The van der Waals surface area contributed by atoms with Crippen LogP contribution < -0.4 is 10.2 Å². The number of hydrogen-bond acceptors (Lipinski definition) is 7. The van der Waals surface area contributed by atoms with Gasteiger partial charge in [0.05, 0.1) is 34.1 Å². The van der Waals surface area contributed by atoms with E-state index in [0.717, 1.165) is 23.2 Å². The summed E-state index contributed by atoms with van der Waals surface area (Å²) in [6.45, 7) is 6.89. The van der Waals surface area contributed by atoms with E-state index in [4.69, 9.17) is 4.42 Å². The number of aromatic nitrogens is 2. The van der Waals surface area contributed by atoms with Gasteiger partial charge in [0.1, 0.15) is 11.6 Å². The van der Waals surface area contributed by atoms with E-state index >= 15 is 0 Å². The number of nitrogens with zero attached hydrogens (tertiary/aromatic N) is 4. The molecule has 4 rings (SSSR count). The van der Waals surface area contributed by atoms with E-state index in [0.29, 0.717) is 38.6 Å². The lowest BCUT2D eigenvalue weighted by Crippen LogP contribution is -2.46. The summed E-state index contributed by atoms with van der Waals surface area (Å²) >= 11 is 0.885. The molecule has 7 nitrogen and oxygen atoms in total. The third-order valence-electron chi connectivity index (χ3n) is 5.48. The zero-order chi connectivity index (χ0) is 23.0. The number of nitrogens with one attached hydrogen (secondary N) is 1. The van der Waals surface area contributed by atoms with Crippen LogP contribution in [0.2, 0.25) is 0 Å². The summed E-state index contributed by atoms with van der Waals surface area (Å²) in [4.78, 5) is 24.9. The normalized spacial score (nSPS) is 15.7. The summed E-state index contributed by atoms with van der Waals surface area (Å²) in [6, 6.07) is 1.09. The highest BCUT2D eigenvalue weighted by Gasteiger charge is 2.36. The van der Waals surface area contributed by atoms with Gasteiger partial charge in [0.25, 0.3) is 5.91 Å². The second kappa shape index (κ2) is 8.70. The number of thiophene rings is 1. The minimum absolute atomic E-state index is 0.0247. The molecule has 3 aromatic rings. The molecule has 172 valence electrons. The van der Waals surface area contributed by atoms with Crippen molar-refractivity contribution in [2.24, 2.45) is 0 Å². The fourth-order valence-electron chi connectivity index (χ4n) is 3.65. The number of fused-ring (bicyclic) bond motifs is 1. The van der Waals surface area contributed by atoms with E-state index in [1.807, 2.05) is 18.7 Å². The number of piperazine rings is 1. The molecule has 1 N–H and O–H groups in total. The number of pyridine rings is 1. The first-order chi connectivity index (χ1) is 15.2. The van der Waals surface area contributed by atoms with E-state index in [-0.39, 0.29) is 27.5 Å². The number of carbonyl (C=O) groups excluding carboxylic acids is 1. The Hall–Kier alpha value is -2.66. The number of hydrogen-bond donors (Lipinski definition) is 1. The van der Waals surface area contributed by atoms with Crippen molar-refractivity contribution in [1.82, 2.24) is 20.2 Å². The van der Waals surface area contributed by atoms with Gasteiger partial charge in [0, 0.05) is 44.5 Å².